The van der Waals surface area contributed by atoms with Crippen molar-refractivity contribution in [2.45, 2.75) is 32.6 Å². The van der Waals surface area contributed by atoms with Crippen LogP contribution in [0.4, 0.5) is 0 Å². The van der Waals surface area contributed by atoms with E-state index in [1.807, 2.05) is 0 Å². The van der Waals surface area contributed by atoms with E-state index in [9.17, 15) is 0 Å². The molecule has 0 atom stereocenters. The topological polar surface area (TPSA) is 15.3 Å². The van der Waals surface area contributed by atoms with E-state index >= 15 is 0 Å². The van der Waals surface area contributed by atoms with Crippen LogP contribution in [-0.2, 0) is 0 Å². The lowest BCUT2D eigenvalue weighted by molar-refractivity contribution is 0.287. The Labute approximate surface area is 82.7 Å². The molecule has 2 heteroatoms. The second-order valence-electron chi connectivity index (χ2n) is 4.23. The van der Waals surface area contributed by atoms with Crippen molar-refractivity contribution in [3.63, 3.8) is 0 Å². The molecule has 1 saturated carbocycles. The molecule has 1 N–H and O–H groups in total. The first kappa shape index (κ1) is 11.0. The first-order valence-corrected chi connectivity index (χ1v) is 5.72. The Hall–Kier alpha value is -0.0800. The van der Waals surface area contributed by atoms with E-state index in [0.29, 0.717) is 0 Å². The molecular weight excluding hydrogens is 160 g/mol. The second kappa shape index (κ2) is 6.39. The molecule has 0 saturated heterocycles. The maximum absolute atomic E-state index is 3.51. The number of nitrogens with one attached hydrogen (secondary N) is 1. The molecule has 2 nitrogen and oxygen atoms in total. The van der Waals surface area contributed by atoms with Crippen molar-refractivity contribution >= 4 is 0 Å². The van der Waals surface area contributed by atoms with E-state index in [-0.39, 0.29) is 0 Å². The minimum atomic E-state index is 1.05. The van der Waals surface area contributed by atoms with Gasteiger partial charge in [0.1, 0.15) is 0 Å². The zero-order valence-corrected chi connectivity index (χ0v) is 9.18. The molecule has 0 unspecified atom stereocenters. The SMILES string of the molecule is CCN(C)CCNCCC1CCC1. The molecule has 0 aliphatic heterocycles. The summed E-state index contributed by atoms with van der Waals surface area (Å²) in [7, 11) is 2.17. The van der Waals surface area contributed by atoms with Crippen LogP contribution < -0.4 is 5.32 Å². The predicted molar refractivity (Wildman–Crippen MR) is 58.0 cm³/mol. The number of rotatable bonds is 7. The van der Waals surface area contributed by atoms with Crippen LogP contribution in [-0.4, -0.2) is 38.1 Å². The molecule has 1 rings (SSSR count). The largest absolute Gasteiger partial charge is 0.315 e. The van der Waals surface area contributed by atoms with Crippen molar-refractivity contribution in [2.75, 3.05) is 33.2 Å². The van der Waals surface area contributed by atoms with Gasteiger partial charge in [-0.05, 0) is 32.5 Å². The highest BCUT2D eigenvalue weighted by Gasteiger charge is 2.15. The summed E-state index contributed by atoms with van der Waals surface area (Å²) in [6.07, 6.45) is 5.84. The molecule has 1 aliphatic rings. The lowest BCUT2D eigenvalue weighted by Crippen LogP contribution is -2.30. The Morgan fingerprint density at radius 2 is 2.08 bits per heavy atom. The van der Waals surface area contributed by atoms with Gasteiger partial charge in [0.25, 0.3) is 0 Å². The molecule has 78 valence electrons. The summed E-state index contributed by atoms with van der Waals surface area (Å²) in [5.74, 6) is 1.05. The summed E-state index contributed by atoms with van der Waals surface area (Å²) in [4.78, 5) is 2.34. The molecule has 0 spiro atoms. The number of hydrogen-bond acceptors (Lipinski definition) is 2. The molecule has 1 fully saturated rings. The Bertz CT molecular complexity index is 115. The second-order valence-corrected chi connectivity index (χ2v) is 4.23. The molecule has 0 aromatic carbocycles. The molecule has 0 aromatic heterocycles. The summed E-state index contributed by atoms with van der Waals surface area (Å²) in [5, 5.41) is 3.51. The van der Waals surface area contributed by atoms with Gasteiger partial charge >= 0.3 is 0 Å². The smallest absolute Gasteiger partial charge is 0.0104 e. The predicted octanol–water partition coefficient (Wildman–Crippen LogP) is 1.72. The van der Waals surface area contributed by atoms with Gasteiger partial charge in [0.05, 0.1) is 0 Å². The number of hydrogen-bond donors (Lipinski definition) is 1. The zero-order chi connectivity index (χ0) is 9.52. The van der Waals surface area contributed by atoms with Crippen molar-refractivity contribution in [1.29, 1.82) is 0 Å². The van der Waals surface area contributed by atoms with Crippen LogP contribution in [0.5, 0.6) is 0 Å². The van der Waals surface area contributed by atoms with E-state index < -0.39 is 0 Å². The monoisotopic (exact) mass is 184 g/mol. The van der Waals surface area contributed by atoms with Gasteiger partial charge in [0.2, 0.25) is 0 Å². The fourth-order valence-electron chi connectivity index (χ4n) is 1.64. The zero-order valence-electron chi connectivity index (χ0n) is 9.18. The molecule has 0 bridgehead atoms. The van der Waals surface area contributed by atoms with E-state index in [1.54, 1.807) is 0 Å². The highest BCUT2D eigenvalue weighted by molar-refractivity contribution is 4.70. The fourth-order valence-corrected chi connectivity index (χ4v) is 1.64. The maximum atomic E-state index is 3.51. The van der Waals surface area contributed by atoms with Crippen LogP contribution in [0.15, 0.2) is 0 Å². The normalized spacial score (nSPS) is 17.8. The Morgan fingerprint density at radius 3 is 2.62 bits per heavy atom. The minimum Gasteiger partial charge on any atom is -0.315 e. The van der Waals surface area contributed by atoms with Gasteiger partial charge in [0, 0.05) is 13.1 Å². The van der Waals surface area contributed by atoms with Gasteiger partial charge < -0.3 is 10.2 Å². The third kappa shape index (κ3) is 4.63. The molecule has 0 aromatic rings. The van der Waals surface area contributed by atoms with E-state index in [0.717, 1.165) is 19.0 Å². The first-order valence-electron chi connectivity index (χ1n) is 5.72. The minimum absolute atomic E-state index is 1.05. The Balaban J connectivity index is 1.78. The molecule has 13 heavy (non-hydrogen) atoms. The standard InChI is InChI=1S/C11H24N2/c1-3-13(2)10-9-12-8-7-11-5-4-6-11/h11-12H,3-10H2,1-2H3. The Kier molecular flexibility index (Phi) is 5.40. The Morgan fingerprint density at radius 1 is 1.31 bits per heavy atom. The van der Waals surface area contributed by atoms with Crippen molar-refractivity contribution in [3.05, 3.63) is 0 Å². The van der Waals surface area contributed by atoms with E-state index in [4.69, 9.17) is 0 Å². The van der Waals surface area contributed by atoms with Crippen molar-refractivity contribution in [2.24, 2.45) is 5.92 Å². The van der Waals surface area contributed by atoms with Gasteiger partial charge in [-0.25, -0.2) is 0 Å². The summed E-state index contributed by atoms with van der Waals surface area (Å²) in [5.41, 5.74) is 0. The van der Waals surface area contributed by atoms with Gasteiger partial charge in [-0.15, -0.1) is 0 Å². The third-order valence-electron chi connectivity index (χ3n) is 3.16. The first-order chi connectivity index (χ1) is 6.33. The van der Waals surface area contributed by atoms with E-state index in [1.165, 1.54) is 38.8 Å². The van der Waals surface area contributed by atoms with Crippen molar-refractivity contribution in [3.8, 4) is 0 Å². The number of nitrogens with zero attached hydrogens (tertiary/aromatic N) is 1. The van der Waals surface area contributed by atoms with Gasteiger partial charge in [-0.1, -0.05) is 26.2 Å². The summed E-state index contributed by atoms with van der Waals surface area (Å²) in [6, 6.07) is 0. The van der Waals surface area contributed by atoms with Crippen molar-refractivity contribution in [1.82, 2.24) is 10.2 Å². The van der Waals surface area contributed by atoms with Gasteiger partial charge in [-0.3, -0.25) is 0 Å². The lowest BCUT2D eigenvalue weighted by Gasteiger charge is -2.25. The third-order valence-corrected chi connectivity index (χ3v) is 3.16. The van der Waals surface area contributed by atoms with Crippen LogP contribution in [0.25, 0.3) is 0 Å². The molecule has 0 amide bonds. The fraction of sp³-hybridized carbons (Fsp3) is 1.00. The average Bonchev–Trinajstić information content (AvgIpc) is 2.07. The molecule has 0 heterocycles. The lowest BCUT2D eigenvalue weighted by atomic mass is 9.83. The van der Waals surface area contributed by atoms with Crippen LogP contribution >= 0.6 is 0 Å². The molecule has 0 radical (unpaired) electrons. The summed E-state index contributed by atoms with van der Waals surface area (Å²) < 4.78 is 0. The quantitative estimate of drug-likeness (QED) is 0.606. The highest BCUT2D eigenvalue weighted by Crippen LogP contribution is 2.28. The van der Waals surface area contributed by atoms with Crippen LogP contribution in [0, 0.1) is 5.92 Å². The van der Waals surface area contributed by atoms with E-state index in [2.05, 4.69) is 24.2 Å². The van der Waals surface area contributed by atoms with Crippen LogP contribution in [0.2, 0.25) is 0 Å². The molecule has 1 aliphatic carbocycles. The average molecular weight is 184 g/mol. The highest BCUT2D eigenvalue weighted by atomic mass is 15.1. The van der Waals surface area contributed by atoms with Crippen LogP contribution in [0.3, 0.4) is 0 Å². The van der Waals surface area contributed by atoms with Gasteiger partial charge in [0.15, 0.2) is 0 Å². The number of likely N-dealkylation sites (N-methyl/N-ethyl adjacent to an activating group) is 1. The molecular formula is C11H24N2. The maximum Gasteiger partial charge on any atom is 0.0104 e. The van der Waals surface area contributed by atoms with Crippen LogP contribution in [0.1, 0.15) is 32.6 Å². The summed E-state index contributed by atoms with van der Waals surface area (Å²) in [6.45, 7) is 6.92. The summed E-state index contributed by atoms with van der Waals surface area (Å²) >= 11 is 0. The van der Waals surface area contributed by atoms with Gasteiger partial charge in [-0.2, -0.15) is 0 Å². The van der Waals surface area contributed by atoms with Crippen molar-refractivity contribution < 1.29 is 0 Å².